The average Bonchev–Trinajstić information content (AvgIpc) is 3.68. The number of nitrogens with zero attached hydrogens (tertiary/aromatic N) is 4. The van der Waals surface area contributed by atoms with Crippen LogP contribution in [0.15, 0.2) is 66.3 Å². The van der Waals surface area contributed by atoms with Gasteiger partial charge in [0, 0.05) is 64.7 Å². The Morgan fingerprint density at radius 2 is 2.02 bits per heavy atom. The van der Waals surface area contributed by atoms with Gasteiger partial charge in [0.1, 0.15) is 17.3 Å². The standard InChI is InChI=1S/C31H30FN7O3S/c1-18-14-19(10-11-33-18)28-22-15-20(6-8-25(22)37-38-28)29(40)35-21-7-9-26(30(41)36-31-34-12-13-43-31)39(16-21)17-23-24(32)4-3-5-27(23)42-2/h3-6,8,10-15,21,26H,7,9,16-17H2,1-2H3,(H,35,40)(H,37,38)(H,34,36,41)/t21-,26+/m1/s1. The minimum absolute atomic E-state index is 0.133. The number of likely N-dealkylation sites (tertiary alicyclic amines) is 1. The Bertz CT molecular complexity index is 1770. The molecule has 3 aromatic heterocycles. The van der Waals surface area contributed by atoms with Gasteiger partial charge in [-0.3, -0.25) is 24.6 Å². The van der Waals surface area contributed by atoms with E-state index < -0.39 is 11.9 Å². The van der Waals surface area contributed by atoms with E-state index >= 15 is 0 Å². The first-order chi connectivity index (χ1) is 20.9. The van der Waals surface area contributed by atoms with Crippen LogP contribution in [0, 0.1) is 12.7 Å². The number of rotatable bonds is 8. The predicted octanol–water partition coefficient (Wildman–Crippen LogP) is 4.94. The monoisotopic (exact) mass is 599 g/mol. The molecule has 220 valence electrons. The zero-order valence-corrected chi connectivity index (χ0v) is 24.5. The number of piperidine rings is 1. The number of H-pyrrole nitrogens is 1. The molecular formula is C31H30FN7O3S. The summed E-state index contributed by atoms with van der Waals surface area (Å²) in [6.45, 7) is 2.39. The van der Waals surface area contributed by atoms with Crippen LogP contribution in [0.5, 0.6) is 5.75 Å². The van der Waals surface area contributed by atoms with Crippen molar-refractivity contribution in [1.29, 1.82) is 0 Å². The van der Waals surface area contributed by atoms with E-state index in [1.165, 1.54) is 24.5 Å². The second kappa shape index (κ2) is 12.3. The number of pyridine rings is 1. The molecule has 1 fully saturated rings. The molecule has 1 aliphatic heterocycles. The Kier molecular flexibility index (Phi) is 8.12. The molecule has 6 rings (SSSR count). The van der Waals surface area contributed by atoms with E-state index in [0.29, 0.717) is 41.4 Å². The van der Waals surface area contributed by atoms with Crippen LogP contribution < -0.4 is 15.4 Å². The molecule has 5 aromatic rings. The van der Waals surface area contributed by atoms with Gasteiger partial charge in [0.2, 0.25) is 5.91 Å². The lowest BCUT2D eigenvalue weighted by molar-refractivity contribution is -0.123. The lowest BCUT2D eigenvalue weighted by atomic mass is 9.96. The fourth-order valence-corrected chi connectivity index (χ4v) is 6.06. The van der Waals surface area contributed by atoms with Gasteiger partial charge < -0.3 is 15.4 Å². The van der Waals surface area contributed by atoms with Crippen molar-refractivity contribution in [2.45, 2.75) is 38.4 Å². The van der Waals surface area contributed by atoms with Crippen molar-refractivity contribution in [3.05, 3.63) is 88.9 Å². The highest BCUT2D eigenvalue weighted by Gasteiger charge is 2.35. The normalized spacial score (nSPS) is 17.1. The van der Waals surface area contributed by atoms with E-state index in [-0.39, 0.29) is 24.4 Å². The molecular weight excluding hydrogens is 569 g/mol. The highest BCUT2D eigenvalue weighted by molar-refractivity contribution is 7.13. The number of thiazole rings is 1. The number of methoxy groups -OCH3 is 1. The van der Waals surface area contributed by atoms with Crippen LogP contribution in [0.3, 0.4) is 0 Å². The zero-order valence-electron chi connectivity index (χ0n) is 23.6. The topological polar surface area (TPSA) is 125 Å². The van der Waals surface area contributed by atoms with Crippen molar-refractivity contribution < 1.29 is 18.7 Å². The third kappa shape index (κ3) is 6.11. The first-order valence-electron chi connectivity index (χ1n) is 13.9. The molecule has 10 nitrogen and oxygen atoms in total. The molecule has 1 aliphatic rings. The van der Waals surface area contributed by atoms with Crippen LogP contribution in [0.1, 0.15) is 34.5 Å². The summed E-state index contributed by atoms with van der Waals surface area (Å²) >= 11 is 1.33. The first kappa shape index (κ1) is 28.4. The van der Waals surface area contributed by atoms with Gasteiger partial charge in [-0.15, -0.1) is 11.3 Å². The number of halogens is 1. The number of aromatic amines is 1. The summed E-state index contributed by atoms with van der Waals surface area (Å²) in [4.78, 5) is 37.1. The number of nitrogens with one attached hydrogen (secondary N) is 3. The van der Waals surface area contributed by atoms with E-state index in [1.54, 1.807) is 36.0 Å². The maximum absolute atomic E-state index is 14.9. The van der Waals surface area contributed by atoms with Gasteiger partial charge in [0.15, 0.2) is 5.13 Å². The molecule has 2 amide bonds. The quantitative estimate of drug-likeness (QED) is 0.231. The van der Waals surface area contributed by atoms with Crippen LogP contribution in [0.25, 0.3) is 22.2 Å². The summed E-state index contributed by atoms with van der Waals surface area (Å²) in [5.41, 5.74) is 4.19. The van der Waals surface area contributed by atoms with Crippen molar-refractivity contribution in [3.63, 3.8) is 0 Å². The number of fused-ring (bicyclic) bond motifs is 1. The highest BCUT2D eigenvalue weighted by atomic mass is 32.1. The van der Waals surface area contributed by atoms with E-state index in [0.717, 1.165) is 27.9 Å². The molecule has 3 N–H and O–H groups in total. The van der Waals surface area contributed by atoms with Gasteiger partial charge in [-0.2, -0.15) is 5.10 Å². The summed E-state index contributed by atoms with van der Waals surface area (Å²) in [6, 6.07) is 13.1. The summed E-state index contributed by atoms with van der Waals surface area (Å²) in [7, 11) is 1.49. The average molecular weight is 600 g/mol. The van der Waals surface area contributed by atoms with Crippen molar-refractivity contribution in [3.8, 4) is 17.0 Å². The van der Waals surface area contributed by atoms with Gasteiger partial charge in [-0.1, -0.05) is 6.07 Å². The van der Waals surface area contributed by atoms with Crippen molar-refractivity contribution in [2.24, 2.45) is 0 Å². The van der Waals surface area contributed by atoms with Crippen molar-refractivity contribution >= 4 is 39.2 Å². The molecule has 2 atom stereocenters. The van der Waals surface area contributed by atoms with E-state index in [9.17, 15) is 14.0 Å². The fraction of sp³-hybridized carbons (Fsp3) is 0.258. The predicted molar refractivity (Wildman–Crippen MR) is 162 cm³/mol. The second-order valence-electron chi connectivity index (χ2n) is 10.5. The Morgan fingerprint density at radius 1 is 1.14 bits per heavy atom. The number of hydrogen-bond acceptors (Lipinski definition) is 8. The number of carbonyl (C=O) groups excluding carboxylic acids is 2. The maximum atomic E-state index is 14.9. The molecule has 0 saturated carbocycles. The Balaban J connectivity index is 1.22. The first-order valence-corrected chi connectivity index (χ1v) is 14.8. The van der Waals surface area contributed by atoms with Crippen LogP contribution in [0.4, 0.5) is 9.52 Å². The summed E-state index contributed by atoms with van der Waals surface area (Å²) in [5, 5.41) is 16.6. The van der Waals surface area contributed by atoms with E-state index in [4.69, 9.17) is 4.74 Å². The summed E-state index contributed by atoms with van der Waals surface area (Å²) < 4.78 is 20.4. The molecule has 0 spiro atoms. The molecule has 43 heavy (non-hydrogen) atoms. The summed E-state index contributed by atoms with van der Waals surface area (Å²) in [5.74, 6) is -0.476. The number of carbonyl (C=O) groups is 2. The zero-order chi connectivity index (χ0) is 29.9. The molecule has 0 aliphatic carbocycles. The van der Waals surface area contributed by atoms with Crippen molar-refractivity contribution in [1.82, 2.24) is 30.4 Å². The summed E-state index contributed by atoms with van der Waals surface area (Å²) in [6.07, 6.45) is 4.39. The number of aromatic nitrogens is 4. The van der Waals surface area contributed by atoms with Crippen molar-refractivity contribution in [2.75, 3.05) is 19.0 Å². The number of hydrogen-bond donors (Lipinski definition) is 3. The third-order valence-electron chi connectivity index (χ3n) is 7.64. The van der Waals surface area contributed by atoms with Gasteiger partial charge >= 0.3 is 0 Å². The molecule has 0 bridgehead atoms. The van der Waals surface area contributed by atoms with Crippen LogP contribution in [0.2, 0.25) is 0 Å². The van der Waals surface area contributed by atoms with Gasteiger partial charge in [0.05, 0.1) is 18.7 Å². The van der Waals surface area contributed by atoms with E-state index in [2.05, 4.69) is 30.8 Å². The molecule has 4 heterocycles. The van der Waals surface area contributed by atoms with Gasteiger partial charge in [-0.25, -0.2) is 9.37 Å². The molecule has 2 aromatic carbocycles. The molecule has 0 radical (unpaired) electrons. The Hall–Kier alpha value is -4.68. The van der Waals surface area contributed by atoms with Crippen LogP contribution in [-0.4, -0.2) is 62.6 Å². The third-order valence-corrected chi connectivity index (χ3v) is 8.33. The Morgan fingerprint density at radius 3 is 2.81 bits per heavy atom. The number of ether oxygens (including phenoxy) is 1. The SMILES string of the molecule is COc1cccc(F)c1CN1C[C@H](NC(=O)c2ccc3[nH]nc(-c4ccnc(C)c4)c3c2)CC[C@H]1C(=O)Nc1nccs1. The lowest BCUT2D eigenvalue weighted by Gasteiger charge is -2.39. The van der Waals surface area contributed by atoms with Gasteiger partial charge in [0.25, 0.3) is 5.91 Å². The second-order valence-corrected chi connectivity index (χ2v) is 11.4. The minimum Gasteiger partial charge on any atom is -0.496 e. The van der Waals surface area contributed by atoms with E-state index in [1.807, 2.05) is 36.1 Å². The van der Waals surface area contributed by atoms with Crippen LogP contribution >= 0.6 is 11.3 Å². The molecule has 1 saturated heterocycles. The highest BCUT2D eigenvalue weighted by Crippen LogP contribution is 2.29. The smallest absolute Gasteiger partial charge is 0.251 e. The lowest BCUT2D eigenvalue weighted by Crippen LogP contribution is -2.55. The maximum Gasteiger partial charge on any atom is 0.251 e. The largest absolute Gasteiger partial charge is 0.496 e. The number of anilines is 1. The molecule has 12 heteroatoms. The van der Waals surface area contributed by atoms with Crippen LogP contribution in [-0.2, 0) is 11.3 Å². The molecule has 0 unspecified atom stereocenters. The van der Waals surface area contributed by atoms with Gasteiger partial charge in [-0.05, 0) is 62.2 Å². The number of benzene rings is 2. The minimum atomic E-state index is -0.546. The number of aryl methyl sites for hydroxylation is 1. The fourth-order valence-electron chi connectivity index (χ4n) is 5.53. The Labute approximate surface area is 251 Å². The number of amides is 2.